The molecule has 0 radical (unpaired) electrons. The number of ether oxygens (including phenoxy) is 2. The van der Waals surface area contributed by atoms with E-state index in [1.54, 1.807) is 0 Å². The van der Waals surface area contributed by atoms with Crippen molar-refractivity contribution in [2.24, 2.45) is 5.92 Å². The Morgan fingerprint density at radius 1 is 1.17 bits per heavy atom. The molecule has 1 N–H and O–H groups in total. The lowest BCUT2D eigenvalue weighted by Crippen LogP contribution is -2.40. The highest BCUT2D eigenvalue weighted by atomic mass is 16.5. The summed E-state index contributed by atoms with van der Waals surface area (Å²) in [6.07, 6.45) is 0.930. The van der Waals surface area contributed by atoms with Gasteiger partial charge >= 0.3 is 0 Å². The number of fused-ring (bicyclic) bond motifs is 1. The van der Waals surface area contributed by atoms with Gasteiger partial charge in [0.2, 0.25) is 5.91 Å². The summed E-state index contributed by atoms with van der Waals surface area (Å²) in [6.45, 7) is 12.2. The first-order valence-electron chi connectivity index (χ1n) is 8.93. The van der Waals surface area contributed by atoms with E-state index in [1.165, 1.54) is 11.1 Å². The zero-order valence-corrected chi connectivity index (χ0v) is 15.4. The van der Waals surface area contributed by atoms with Gasteiger partial charge in [0.25, 0.3) is 0 Å². The van der Waals surface area contributed by atoms with Crippen molar-refractivity contribution in [2.75, 3.05) is 32.8 Å². The van der Waals surface area contributed by atoms with Crippen LogP contribution in [0.1, 0.15) is 38.8 Å². The molecule has 1 heterocycles. The molecule has 0 unspecified atom stereocenters. The maximum Gasteiger partial charge on any atom is 0.234 e. The lowest BCUT2D eigenvalue weighted by atomic mass is 9.98. The SMILES string of the molecule is CCOc1cc2c(cc1OCC)CN(CC(=O)NCC(C)C)CC2. The van der Waals surface area contributed by atoms with Crippen LogP contribution in [0.2, 0.25) is 0 Å². The maximum atomic E-state index is 12.0. The monoisotopic (exact) mass is 334 g/mol. The Morgan fingerprint density at radius 2 is 1.79 bits per heavy atom. The number of benzene rings is 1. The average molecular weight is 334 g/mol. The number of hydrogen-bond donors (Lipinski definition) is 1. The maximum absolute atomic E-state index is 12.0. The van der Waals surface area contributed by atoms with Crippen molar-refractivity contribution in [3.8, 4) is 11.5 Å². The van der Waals surface area contributed by atoms with Crippen LogP contribution in [0.5, 0.6) is 11.5 Å². The van der Waals surface area contributed by atoms with Crippen LogP contribution in [0.3, 0.4) is 0 Å². The quantitative estimate of drug-likeness (QED) is 0.794. The van der Waals surface area contributed by atoms with E-state index in [-0.39, 0.29) is 5.91 Å². The Morgan fingerprint density at radius 3 is 2.38 bits per heavy atom. The summed E-state index contributed by atoms with van der Waals surface area (Å²) in [6, 6.07) is 4.17. The second-order valence-corrected chi connectivity index (χ2v) is 6.59. The van der Waals surface area contributed by atoms with Crippen LogP contribution in [0.4, 0.5) is 0 Å². The van der Waals surface area contributed by atoms with E-state index in [1.807, 2.05) is 13.8 Å². The molecule has 134 valence electrons. The van der Waals surface area contributed by atoms with Crippen molar-refractivity contribution < 1.29 is 14.3 Å². The van der Waals surface area contributed by atoms with Gasteiger partial charge in [-0.3, -0.25) is 9.69 Å². The zero-order chi connectivity index (χ0) is 17.5. The van der Waals surface area contributed by atoms with Gasteiger partial charge in [0.1, 0.15) is 0 Å². The van der Waals surface area contributed by atoms with Gasteiger partial charge in [0, 0.05) is 19.6 Å². The highest BCUT2D eigenvalue weighted by Gasteiger charge is 2.21. The first-order chi connectivity index (χ1) is 11.5. The van der Waals surface area contributed by atoms with Gasteiger partial charge in [0.05, 0.1) is 19.8 Å². The molecule has 24 heavy (non-hydrogen) atoms. The zero-order valence-electron chi connectivity index (χ0n) is 15.4. The average Bonchev–Trinajstić information content (AvgIpc) is 2.54. The summed E-state index contributed by atoms with van der Waals surface area (Å²) >= 11 is 0. The second-order valence-electron chi connectivity index (χ2n) is 6.59. The lowest BCUT2D eigenvalue weighted by molar-refractivity contribution is -0.122. The van der Waals surface area contributed by atoms with Crippen molar-refractivity contribution in [3.63, 3.8) is 0 Å². The summed E-state index contributed by atoms with van der Waals surface area (Å²) in [7, 11) is 0. The van der Waals surface area contributed by atoms with Crippen molar-refractivity contribution in [1.82, 2.24) is 10.2 Å². The fourth-order valence-electron chi connectivity index (χ4n) is 2.87. The Labute approximate surface area is 145 Å². The Bertz CT molecular complexity index is 558. The van der Waals surface area contributed by atoms with E-state index in [4.69, 9.17) is 9.47 Å². The predicted molar refractivity (Wildman–Crippen MR) is 95.6 cm³/mol. The van der Waals surface area contributed by atoms with Crippen LogP contribution >= 0.6 is 0 Å². The lowest BCUT2D eigenvalue weighted by Gasteiger charge is -2.29. The molecule has 1 amide bonds. The third-order valence-corrected chi connectivity index (χ3v) is 4.03. The molecule has 1 aromatic carbocycles. The molecule has 0 saturated carbocycles. The van der Waals surface area contributed by atoms with Crippen LogP contribution in [-0.2, 0) is 17.8 Å². The van der Waals surface area contributed by atoms with Crippen LogP contribution < -0.4 is 14.8 Å². The predicted octanol–water partition coefficient (Wildman–Crippen LogP) is 2.61. The molecule has 5 nitrogen and oxygen atoms in total. The topological polar surface area (TPSA) is 50.8 Å². The molecule has 0 saturated heterocycles. The molecule has 0 bridgehead atoms. The van der Waals surface area contributed by atoms with Crippen LogP contribution in [0.15, 0.2) is 12.1 Å². The van der Waals surface area contributed by atoms with E-state index in [0.717, 1.165) is 37.6 Å². The van der Waals surface area contributed by atoms with Gasteiger partial charge in [0.15, 0.2) is 11.5 Å². The van der Waals surface area contributed by atoms with Crippen LogP contribution in [-0.4, -0.2) is 43.7 Å². The number of amides is 1. The molecular weight excluding hydrogens is 304 g/mol. The Hall–Kier alpha value is -1.75. The standard InChI is InChI=1S/C19H30N2O3/c1-5-23-17-9-15-7-8-21(13-19(22)20-11-14(3)4)12-16(15)10-18(17)24-6-2/h9-10,14H,5-8,11-13H2,1-4H3,(H,20,22). The Balaban J connectivity index is 2.03. The minimum absolute atomic E-state index is 0.100. The van der Waals surface area contributed by atoms with E-state index in [0.29, 0.717) is 25.7 Å². The minimum atomic E-state index is 0.100. The highest BCUT2D eigenvalue weighted by molar-refractivity contribution is 5.78. The van der Waals surface area contributed by atoms with E-state index in [2.05, 4.69) is 36.2 Å². The molecule has 0 spiro atoms. The first-order valence-corrected chi connectivity index (χ1v) is 8.93. The Kier molecular flexibility index (Phi) is 6.91. The molecule has 0 aliphatic carbocycles. The van der Waals surface area contributed by atoms with Gasteiger partial charge in [-0.1, -0.05) is 13.8 Å². The normalized spacial score (nSPS) is 14.4. The summed E-state index contributed by atoms with van der Waals surface area (Å²) < 4.78 is 11.4. The van der Waals surface area contributed by atoms with Gasteiger partial charge in [-0.15, -0.1) is 0 Å². The van der Waals surface area contributed by atoms with Gasteiger partial charge in [-0.25, -0.2) is 0 Å². The third kappa shape index (κ3) is 5.13. The molecular formula is C19H30N2O3. The molecule has 0 atom stereocenters. The van der Waals surface area contributed by atoms with Gasteiger partial charge < -0.3 is 14.8 Å². The number of carbonyl (C=O) groups is 1. The molecule has 1 aliphatic heterocycles. The number of nitrogens with zero attached hydrogens (tertiary/aromatic N) is 1. The van der Waals surface area contributed by atoms with Crippen LogP contribution in [0.25, 0.3) is 0 Å². The van der Waals surface area contributed by atoms with Gasteiger partial charge in [-0.2, -0.15) is 0 Å². The van der Waals surface area contributed by atoms with E-state index in [9.17, 15) is 4.79 Å². The summed E-state index contributed by atoms with van der Waals surface area (Å²) in [4.78, 5) is 14.2. The minimum Gasteiger partial charge on any atom is -0.490 e. The number of nitrogens with one attached hydrogen (secondary N) is 1. The van der Waals surface area contributed by atoms with Crippen molar-refractivity contribution >= 4 is 5.91 Å². The molecule has 2 rings (SSSR count). The first kappa shape index (κ1) is 18.6. The smallest absolute Gasteiger partial charge is 0.234 e. The number of rotatable bonds is 8. The summed E-state index contributed by atoms with van der Waals surface area (Å²) in [5, 5.41) is 2.99. The van der Waals surface area contributed by atoms with Crippen molar-refractivity contribution in [2.45, 2.75) is 40.7 Å². The molecule has 1 aromatic rings. The molecule has 1 aliphatic rings. The van der Waals surface area contributed by atoms with E-state index >= 15 is 0 Å². The molecule has 0 fully saturated rings. The van der Waals surface area contributed by atoms with Crippen LogP contribution in [0, 0.1) is 5.92 Å². The summed E-state index contributed by atoms with van der Waals surface area (Å²) in [5.41, 5.74) is 2.52. The van der Waals surface area contributed by atoms with Crippen molar-refractivity contribution in [1.29, 1.82) is 0 Å². The van der Waals surface area contributed by atoms with Crippen molar-refractivity contribution in [3.05, 3.63) is 23.3 Å². The highest BCUT2D eigenvalue weighted by Crippen LogP contribution is 2.33. The number of carbonyl (C=O) groups excluding carboxylic acids is 1. The second kappa shape index (κ2) is 8.92. The largest absolute Gasteiger partial charge is 0.490 e. The van der Waals surface area contributed by atoms with Gasteiger partial charge in [-0.05, 0) is 49.4 Å². The third-order valence-electron chi connectivity index (χ3n) is 4.03. The molecule has 0 aromatic heterocycles. The fourth-order valence-corrected chi connectivity index (χ4v) is 2.87. The fraction of sp³-hybridized carbons (Fsp3) is 0.632. The van der Waals surface area contributed by atoms with E-state index < -0.39 is 0 Å². The summed E-state index contributed by atoms with van der Waals surface area (Å²) in [5.74, 6) is 2.19. The molecule has 5 heteroatoms. The number of hydrogen-bond acceptors (Lipinski definition) is 4.